The maximum Gasteiger partial charge on any atom is 0.262 e. The van der Waals surface area contributed by atoms with E-state index >= 15 is 0 Å². The first-order valence-corrected chi connectivity index (χ1v) is 11.0. The van der Waals surface area contributed by atoms with Crippen molar-refractivity contribution < 1.29 is 13.2 Å². The molecular formula is C20H20ClN3O3S. The van der Waals surface area contributed by atoms with E-state index in [0.717, 1.165) is 24.8 Å². The number of amides is 1. The Hall–Kier alpha value is -2.38. The normalized spacial score (nSPS) is 17.7. The van der Waals surface area contributed by atoms with Crippen LogP contribution >= 0.6 is 11.6 Å². The van der Waals surface area contributed by atoms with Gasteiger partial charge in [-0.1, -0.05) is 29.8 Å². The Kier molecular flexibility index (Phi) is 4.89. The Morgan fingerprint density at radius 3 is 2.50 bits per heavy atom. The minimum atomic E-state index is -3.73. The van der Waals surface area contributed by atoms with Crippen LogP contribution in [0.1, 0.15) is 31.2 Å². The molecule has 2 N–H and O–H groups in total. The largest absolute Gasteiger partial charge is 0.325 e. The highest BCUT2D eigenvalue weighted by molar-refractivity contribution is 7.90. The van der Waals surface area contributed by atoms with E-state index in [1.165, 1.54) is 12.1 Å². The van der Waals surface area contributed by atoms with Crippen LogP contribution in [0.15, 0.2) is 58.4 Å². The molecule has 0 radical (unpaired) electrons. The first-order valence-electron chi connectivity index (χ1n) is 9.13. The minimum absolute atomic E-state index is 0.0937. The fourth-order valence-corrected chi connectivity index (χ4v) is 4.63. The van der Waals surface area contributed by atoms with Gasteiger partial charge in [0.15, 0.2) is 0 Å². The zero-order chi connectivity index (χ0) is 19.8. The lowest BCUT2D eigenvalue weighted by molar-refractivity contribution is -0.118. The molecule has 28 heavy (non-hydrogen) atoms. The van der Waals surface area contributed by atoms with E-state index in [9.17, 15) is 13.2 Å². The predicted octanol–water partition coefficient (Wildman–Crippen LogP) is 3.48. The van der Waals surface area contributed by atoms with Crippen LogP contribution in [0.25, 0.3) is 0 Å². The van der Waals surface area contributed by atoms with Gasteiger partial charge < -0.3 is 5.32 Å². The van der Waals surface area contributed by atoms with Gasteiger partial charge in [0.2, 0.25) is 5.91 Å². The molecule has 1 saturated carbocycles. The SMILES string of the molecule is O=C(Nc1cccc(S(=O)(=O)NC2=NCCC2)c1)C1(c2ccc(Cl)cc2)CC1. The average Bonchev–Trinajstić information content (AvgIpc) is 3.34. The van der Waals surface area contributed by atoms with Crippen molar-refractivity contribution in [3.05, 3.63) is 59.1 Å². The summed E-state index contributed by atoms with van der Waals surface area (Å²) in [5.41, 5.74) is 0.789. The van der Waals surface area contributed by atoms with Crippen LogP contribution in [0, 0.1) is 0 Å². The number of amidine groups is 1. The first-order chi connectivity index (χ1) is 13.4. The molecule has 1 amide bonds. The molecule has 4 rings (SSSR count). The van der Waals surface area contributed by atoms with Gasteiger partial charge in [-0.05, 0) is 55.2 Å². The standard InChI is InChI=1S/C20H20ClN3O3S/c21-15-8-6-14(7-9-15)20(10-11-20)19(25)23-16-3-1-4-17(13-16)28(26,27)24-18-5-2-12-22-18/h1,3-4,6-9,13H,2,5,10-12H2,(H,22,24)(H,23,25). The average molecular weight is 418 g/mol. The number of carbonyl (C=O) groups excluding carboxylic acids is 1. The van der Waals surface area contributed by atoms with Crippen LogP contribution < -0.4 is 10.0 Å². The van der Waals surface area contributed by atoms with Crippen molar-refractivity contribution in [1.82, 2.24) is 4.72 Å². The molecule has 1 aliphatic heterocycles. The second-order valence-corrected chi connectivity index (χ2v) is 9.23. The summed E-state index contributed by atoms with van der Waals surface area (Å²) in [6, 6.07) is 13.5. The summed E-state index contributed by atoms with van der Waals surface area (Å²) in [5, 5.41) is 3.49. The molecule has 146 valence electrons. The summed E-state index contributed by atoms with van der Waals surface area (Å²) in [6.45, 7) is 0.640. The van der Waals surface area contributed by atoms with Gasteiger partial charge in [-0.2, -0.15) is 0 Å². The number of hydrogen-bond donors (Lipinski definition) is 2. The van der Waals surface area contributed by atoms with Crippen LogP contribution in [-0.4, -0.2) is 26.7 Å². The fourth-order valence-electron chi connectivity index (χ4n) is 3.37. The molecule has 0 bridgehead atoms. The second-order valence-electron chi connectivity index (χ2n) is 7.11. The molecule has 1 aliphatic carbocycles. The Labute approximate surface area is 169 Å². The van der Waals surface area contributed by atoms with Gasteiger partial charge in [0, 0.05) is 23.7 Å². The van der Waals surface area contributed by atoms with Gasteiger partial charge in [-0.15, -0.1) is 0 Å². The lowest BCUT2D eigenvalue weighted by atomic mass is 9.95. The van der Waals surface area contributed by atoms with Crippen molar-refractivity contribution in [3.8, 4) is 0 Å². The van der Waals surface area contributed by atoms with Gasteiger partial charge in [0.1, 0.15) is 5.84 Å². The molecule has 8 heteroatoms. The number of carbonyl (C=O) groups is 1. The molecule has 0 spiro atoms. The summed E-state index contributed by atoms with van der Waals surface area (Å²) in [4.78, 5) is 17.1. The highest BCUT2D eigenvalue weighted by Crippen LogP contribution is 2.49. The topological polar surface area (TPSA) is 87.6 Å². The lowest BCUT2D eigenvalue weighted by Gasteiger charge is -2.16. The van der Waals surface area contributed by atoms with E-state index in [-0.39, 0.29) is 10.8 Å². The van der Waals surface area contributed by atoms with Crippen LogP contribution in [0.3, 0.4) is 0 Å². The van der Waals surface area contributed by atoms with E-state index in [1.54, 1.807) is 24.3 Å². The summed E-state index contributed by atoms with van der Waals surface area (Å²) in [6.07, 6.45) is 2.97. The Balaban J connectivity index is 1.52. The minimum Gasteiger partial charge on any atom is -0.325 e. The Morgan fingerprint density at radius 2 is 1.86 bits per heavy atom. The zero-order valence-corrected chi connectivity index (χ0v) is 16.7. The van der Waals surface area contributed by atoms with E-state index in [2.05, 4.69) is 15.0 Å². The van der Waals surface area contributed by atoms with Gasteiger partial charge in [0.05, 0.1) is 10.3 Å². The van der Waals surface area contributed by atoms with Crippen molar-refractivity contribution in [2.75, 3.05) is 11.9 Å². The molecule has 0 atom stereocenters. The summed E-state index contributed by atoms with van der Waals surface area (Å²) in [7, 11) is -3.73. The summed E-state index contributed by atoms with van der Waals surface area (Å²) >= 11 is 5.94. The van der Waals surface area contributed by atoms with Crippen molar-refractivity contribution in [2.24, 2.45) is 4.99 Å². The Morgan fingerprint density at radius 1 is 1.11 bits per heavy atom. The molecule has 2 aromatic carbocycles. The maximum atomic E-state index is 12.9. The van der Waals surface area contributed by atoms with Gasteiger partial charge in [-0.3, -0.25) is 14.5 Å². The quantitative estimate of drug-likeness (QED) is 0.780. The second kappa shape index (κ2) is 7.22. The Bertz CT molecular complexity index is 1040. The molecule has 0 aromatic heterocycles. The first kappa shape index (κ1) is 19.0. The van der Waals surface area contributed by atoms with E-state index < -0.39 is 15.4 Å². The number of aliphatic imine (C=N–C) groups is 1. The zero-order valence-electron chi connectivity index (χ0n) is 15.1. The number of sulfonamides is 1. The molecule has 6 nitrogen and oxygen atoms in total. The van der Waals surface area contributed by atoms with Gasteiger partial charge in [-0.25, -0.2) is 8.42 Å². The van der Waals surface area contributed by atoms with Gasteiger partial charge in [0.25, 0.3) is 10.0 Å². The van der Waals surface area contributed by atoms with Crippen LogP contribution in [0.5, 0.6) is 0 Å². The van der Waals surface area contributed by atoms with Crippen molar-refractivity contribution >= 4 is 39.1 Å². The molecule has 2 aliphatic rings. The maximum absolute atomic E-state index is 12.9. The van der Waals surface area contributed by atoms with E-state index in [4.69, 9.17) is 11.6 Å². The highest BCUT2D eigenvalue weighted by Gasteiger charge is 2.51. The fraction of sp³-hybridized carbons (Fsp3) is 0.300. The third kappa shape index (κ3) is 3.77. The number of hydrogen-bond acceptors (Lipinski definition) is 4. The lowest BCUT2D eigenvalue weighted by Crippen LogP contribution is -2.30. The molecule has 0 saturated heterocycles. The van der Waals surface area contributed by atoms with Crippen molar-refractivity contribution in [3.63, 3.8) is 0 Å². The molecule has 1 heterocycles. The smallest absolute Gasteiger partial charge is 0.262 e. The number of benzene rings is 2. The van der Waals surface area contributed by atoms with Crippen LogP contribution in [0.4, 0.5) is 5.69 Å². The van der Waals surface area contributed by atoms with Crippen LogP contribution in [-0.2, 0) is 20.2 Å². The number of nitrogens with zero attached hydrogens (tertiary/aromatic N) is 1. The van der Waals surface area contributed by atoms with E-state index in [1.807, 2.05) is 12.1 Å². The molecule has 0 unspecified atom stereocenters. The predicted molar refractivity (Wildman–Crippen MR) is 109 cm³/mol. The summed E-state index contributed by atoms with van der Waals surface area (Å²) < 4.78 is 27.7. The molecule has 1 fully saturated rings. The number of halogens is 1. The number of anilines is 1. The third-order valence-corrected chi connectivity index (χ3v) is 6.74. The number of nitrogens with one attached hydrogen (secondary N) is 2. The van der Waals surface area contributed by atoms with Crippen molar-refractivity contribution in [1.29, 1.82) is 0 Å². The summed E-state index contributed by atoms with van der Waals surface area (Å²) in [5.74, 6) is 0.339. The van der Waals surface area contributed by atoms with Gasteiger partial charge >= 0.3 is 0 Å². The van der Waals surface area contributed by atoms with Crippen molar-refractivity contribution in [2.45, 2.75) is 36.0 Å². The van der Waals surface area contributed by atoms with Crippen LogP contribution in [0.2, 0.25) is 5.02 Å². The number of rotatable bonds is 5. The molecule has 2 aromatic rings. The monoisotopic (exact) mass is 417 g/mol. The third-order valence-electron chi connectivity index (χ3n) is 5.11. The molecular weight excluding hydrogens is 398 g/mol. The highest BCUT2D eigenvalue weighted by atomic mass is 35.5. The van der Waals surface area contributed by atoms with E-state index in [0.29, 0.717) is 29.5 Å².